The van der Waals surface area contributed by atoms with Crippen molar-refractivity contribution in [3.63, 3.8) is 0 Å². The van der Waals surface area contributed by atoms with Crippen LogP contribution in [0.5, 0.6) is 0 Å². The number of aromatic nitrogens is 2. The van der Waals surface area contributed by atoms with Crippen molar-refractivity contribution in [2.45, 2.75) is 40.7 Å². The van der Waals surface area contributed by atoms with Gasteiger partial charge in [0.05, 0.1) is 0 Å². The normalized spacial score (nSPS) is 10.8. The molecule has 0 saturated heterocycles. The first-order chi connectivity index (χ1) is 9.49. The van der Waals surface area contributed by atoms with E-state index < -0.39 is 0 Å². The first kappa shape index (κ1) is 14.7. The molecule has 2 aromatic rings. The molecule has 0 aliphatic rings. The minimum Gasteiger partial charge on any atom is -0.316 e. The lowest BCUT2D eigenvalue weighted by Gasteiger charge is -2.11. The predicted molar refractivity (Wildman–Crippen MR) is 83.0 cm³/mol. The minimum atomic E-state index is 0.796. The van der Waals surface area contributed by atoms with Gasteiger partial charge in [-0.15, -0.1) is 0 Å². The fourth-order valence-electron chi connectivity index (χ4n) is 2.67. The number of aryl methyl sites for hydroxylation is 4. The van der Waals surface area contributed by atoms with Crippen LogP contribution in [0.1, 0.15) is 39.5 Å². The summed E-state index contributed by atoms with van der Waals surface area (Å²) < 4.78 is 0. The van der Waals surface area contributed by atoms with Gasteiger partial charge in [0, 0.05) is 29.9 Å². The Morgan fingerprint density at radius 1 is 0.900 bits per heavy atom. The molecule has 0 aliphatic heterocycles. The van der Waals surface area contributed by atoms with E-state index in [1.807, 2.05) is 7.05 Å². The summed E-state index contributed by atoms with van der Waals surface area (Å²) in [5, 5.41) is 3.17. The van der Waals surface area contributed by atoms with Gasteiger partial charge in [0.1, 0.15) is 5.82 Å². The molecular weight excluding hydrogens is 246 g/mol. The molecule has 0 atom stereocenters. The van der Waals surface area contributed by atoms with Crippen LogP contribution in [-0.2, 0) is 13.0 Å². The molecule has 3 nitrogen and oxygen atoms in total. The summed E-state index contributed by atoms with van der Waals surface area (Å²) in [6.07, 6.45) is 0.796. The molecule has 20 heavy (non-hydrogen) atoms. The van der Waals surface area contributed by atoms with Gasteiger partial charge in [0.25, 0.3) is 0 Å². The summed E-state index contributed by atoms with van der Waals surface area (Å²) in [5.41, 5.74) is 7.22. The molecule has 0 radical (unpaired) electrons. The van der Waals surface area contributed by atoms with Crippen molar-refractivity contribution in [2.24, 2.45) is 0 Å². The highest BCUT2D eigenvalue weighted by Crippen LogP contribution is 2.15. The van der Waals surface area contributed by atoms with Gasteiger partial charge in [-0.3, -0.25) is 0 Å². The van der Waals surface area contributed by atoms with Crippen molar-refractivity contribution in [3.8, 4) is 0 Å². The third-order valence-electron chi connectivity index (χ3n) is 3.46. The molecule has 0 bridgehead atoms. The van der Waals surface area contributed by atoms with E-state index in [2.05, 4.69) is 61.2 Å². The smallest absolute Gasteiger partial charge is 0.133 e. The lowest BCUT2D eigenvalue weighted by molar-refractivity contribution is 0.773. The maximum atomic E-state index is 4.66. The summed E-state index contributed by atoms with van der Waals surface area (Å²) >= 11 is 0. The van der Waals surface area contributed by atoms with Crippen molar-refractivity contribution in [2.75, 3.05) is 7.05 Å². The lowest BCUT2D eigenvalue weighted by atomic mass is 10.0. The second-order valence-electron chi connectivity index (χ2n) is 5.49. The van der Waals surface area contributed by atoms with Gasteiger partial charge in [-0.2, -0.15) is 0 Å². The van der Waals surface area contributed by atoms with E-state index in [0.717, 1.165) is 30.2 Å². The fraction of sp³-hybridized carbons (Fsp3) is 0.412. The van der Waals surface area contributed by atoms with Gasteiger partial charge in [0.2, 0.25) is 0 Å². The minimum absolute atomic E-state index is 0.796. The average Bonchev–Trinajstić information content (AvgIpc) is 2.32. The first-order valence-corrected chi connectivity index (χ1v) is 7.04. The van der Waals surface area contributed by atoms with E-state index >= 15 is 0 Å². The maximum Gasteiger partial charge on any atom is 0.133 e. The molecule has 3 heteroatoms. The third kappa shape index (κ3) is 3.42. The molecule has 0 fully saturated rings. The number of hydrogen-bond donors (Lipinski definition) is 1. The zero-order valence-electron chi connectivity index (χ0n) is 13.0. The van der Waals surface area contributed by atoms with Crippen molar-refractivity contribution in [1.29, 1.82) is 0 Å². The highest BCUT2D eigenvalue weighted by Gasteiger charge is 2.08. The van der Waals surface area contributed by atoms with Crippen molar-refractivity contribution >= 4 is 0 Å². The van der Waals surface area contributed by atoms with Crippen LogP contribution in [-0.4, -0.2) is 17.0 Å². The zero-order valence-corrected chi connectivity index (χ0v) is 13.0. The number of nitrogens with one attached hydrogen (secondary N) is 1. The summed E-state index contributed by atoms with van der Waals surface area (Å²) in [5.74, 6) is 0.907. The van der Waals surface area contributed by atoms with Gasteiger partial charge < -0.3 is 5.32 Å². The summed E-state index contributed by atoms with van der Waals surface area (Å²) in [6, 6.07) is 6.61. The molecule has 0 spiro atoms. The van der Waals surface area contributed by atoms with Gasteiger partial charge >= 0.3 is 0 Å². The van der Waals surface area contributed by atoms with Gasteiger partial charge in [-0.05, 0) is 40.3 Å². The Kier molecular flexibility index (Phi) is 4.50. The highest BCUT2D eigenvalue weighted by molar-refractivity contribution is 5.31. The summed E-state index contributed by atoms with van der Waals surface area (Å²) in [6.45, 7) is 9.20. The Labute approximate surface area is 121 Å². The topological polar surface area (TPSA) is 37.8 Å². The number of hydrogen-bond acceptors (Lipinski definition) is 3. The molecule has 1 heterocycles. The van der Waals surface area contributed by atoms with Crippen LogP contribution in [0.2, 0.25) is 0 Å². The van der Waals surface area contributed by atoms with Gasteiger partial charge in [-0.1, -0.05) is 29.3 Å². The lowest BCUT2D eigenvalue weighted by Crippen LogP contribution is -2.12. The molecule has 1 N–H and O–H groups in total. The van der Waals surface area contributed by atoms with E-state index in [-0.39, 0.29) is 0 Å². The Balaban J connectivity index is 2.30. The Morgan fingerprint density at radius 2 is 1.45 bits per heavy atom. The Bertz CT molecular complexity index is 574. The molecule has 0 amide bonds. The van der Waals surface area contributed by atoms with Crippen LogP contribution in [0.15, 0.2) is 18.2 Å². The Morgan fingerprint density at radius 3 is 1.95 bits per heavy atom. The second-order valence-corrected chi connectivity index (χ2v) is 5.49. The van der Waals surface area contributed by atoms with Crippen LogP contribution in [0, 0.1) is 27.7 Å². The van der Waals surface area contributed by atoms with E-state index in [1.54, 1.807) is 0 Å². The first-order valence-electron chi connectivity index (χ1n) is 7.04. The second kappa shape index (κ2) is 6.14. The molecule has 0 unspecified atom stereocenters. The van der Waals surface area contributed by atoms with Gasteiger partial charge in [0.15, 0.2) is 0 Å². The maximum absolute atomic E-state index is 4.66. The molecular formula is C17H23N3. The van der Waals surface area contributed by atoms with Crippen molar-refractivity contribution in [1.82, 2.24) is 15.3 Å². The quantitative estimate of drug-likeness (QED) is 0.927. The van der Waals surface area contributed by atoms with Crippen LogP contribution in [0.25, 0.3) is 0 Å². The van der Waals surface area contributed by atoms with E-state index in [0.29, 0.717) is 0 Å². The zero-order chi connectivity index (χ0) is 14.7. The fourth-order valence-corrected chi connectivity index (χ4v) is 2.67. The van der Waals surface area contributed by atoms with E-state index in [4.69, 9.17) is 0 Å². The Hall–Kier alpha value is -1.74. The van der Waals surface area contributed by atoms with Crippen molar-refractivity contribution in [3.05, 3.63) is 57.7 Å². The van der Waals surface area contributed by atoms with E-state index in [9.17, 15) is 0 Å². The molecule has 106 valence electrons. The average molecular weight is 269 g/mol. The van der Waals surface area contributed by atoms with Gasteiger partial charge in [-0.25, -0.2) is 9.97 Å². The van der Waals surface area contributed by atoms with Crippen LogP contribution in [0.3, 0.4) is 0 Å². The number of benzene rings is 1. The molecule has 0 saturated carbocycles. The SMILES string of the molecule is CNCc1c(C)nc(Cc2cc(C)cc(C)c2)nc1C. The predicted octanol–water partition coefficient (Wildman–Crippen LogP) is 3.02. The number of nitrogens with zero attached hydrogens (tertiary/aromatic N) is 2. The van der Waals surface area contributed by atoms with Crippen LogP contribution >= 0.6 is 0 Å². The van der Waals surface area contributed by atoms with Crippen LogP contribution < -0.4 is 5.32 Å². The number of rotatable bonds is 4. The standard InChI is InChI=1S/C17H23N3/c1-11-6-12(2)8-15(7-11)9-17-19-13(3)16(10-18-5)14(4)20-17/h6-8,18H,9-10H2,1-5H3. The molecule has 2 rings (SSSR count). The molecule has 0 aliphatic carbocycles. The monoisotopic (exact) mass is 269 g/mol. The molecule has 1 aromatic heterocycles. The summed E-state index contributed by atoms with van der Waals surface area (Å²) in [4.78, 5) is 9.31. The molecule has 1 aromatic carbocycles. The van der Waals surface area contributed by atoms with E-state index in [1.165, 1.54) is 22.3 Å². The third-order valence-corrected chi connectivity index (χ3v) is 3.46. The largest absolute Gasteiger partial charge is 0.316 e. The van der Waals surface area contributed by atoms with Crippen molar-refractivity contribution < 1.29 is 0 Å². The summed E-state index contributed by atoms with van der Waals surface area (Å²) in [7, 11) is 1.95. The van der Waals surface area contributed by atoms with Crippen LogP contribution in [0.4, 0.5) is 0 Å². The highest BCUT2D eigenvalue weighted by atomic mass is 14.9.